The first-order chi connectivity index (χ1) is 17.7. The van der Waals surface area contributed by atoms with Crippen molar-refractivity contribution in [2.24, 2.45) is 28.6 Å². The monoisotopic (exact) mass is 572 g/mol. The number of aliphatic hydroxyl groups is 1. The molecule has 0 amide bonds. The van der Waals surface area contributed by atoms with Gasteiger partial charge in [0.2, 0.25) is 5.12 Å². The first-order valence-electron chi connectivity index (χ1n) is 13.3. The summed E-state index contributed by atoms with van der Waals surface area (Å²) in [6.45, 7) is 6.74. The van der Waals surface area contributed by atoms with Crippen LogP contribution in [0.25, 0.3) is 0 Å². The average Bonchev–Trinajstić information content (AvgIpc) is 3.39. The maximum Gasteiger partial charge on any atom is 0.322 e. The molecule has 1 heterocycles. The Morgan fingerprint density at radius 1 is 1.24 bits per heavy atom. The molecule has 0 aromatic heterocycles. The molecule has 0 bridgehead atoms. The van der Waals surface area contributed by atoms with Crippen LogP contribution in [0.1, 0.15) is 59.8 Å². The van der Waals surface area contributed by atoms with Crippen LogP contribution in [-0.4, -0.2) is 62.0 Å². The van der Waals surface area contributed by atoms with Crippen molar-refractivity contribution in [2.45, 2.75) is 88.1 Å². The number of halogens is 3. The van der Waals surface area contributed by atoms with Gasteiger partial charge in [0, 0.05) is 22.7 Å². The molecule has 1 N–H and O–H groups in total. The van der Waals surface area contributed by atoms with E-state index in [4.69, 9.17) is 4.74 Å². The van der Waals surface area contributed by atoms with Gasteiger partial charge in [-0.1, -0.05) is 19.9 Å². The van der Waals surface area contributed by atoms with Gasteiger partial charge in [-0.25, -0.2) is 13.2 Å². The Morgan fingerprint density at radius 2 is 1.95 bits per heavy atom. The lowest BCUT2D eigenvalue weighted by molar-refractivity contribution is -0.229. The van der Waals surface area contributed by atoms with Crippen LogP contribution in [0.3, 0.4) is 0 Å². The van der Waals surface area contributed by atoms with Gasteiger partial charge in [0.1, 0.15) is 16.9 Å². The number of thioether (sulfide) groups is 2. The number of hydrogen-bond donors (Lipinski definition) is 1. The number of fused-ring (bicyclic) bond motifs is 5. The number of hydrogen-bond acceptors (Lipinski definition) is 7. The van der Waals surface area contributed by atoms with E-state index in [9.17, 15) is 23.9 Å². The number of ether oxygens (including phenoxy) is 1. The zero-order valence-electron chi connectivity index (χ0n) is 22.1. The maximum atomic E-state index is 17.5. The molecule has 1 saturated heterocycles. The van der Waals surface area contributed by atoms with Crippen molar-refractivity contribution in [3.05, 3.63) is 23.8 Å². The van der Waals surface area contributed by atoms with E-state index < -0.39 is 79.8 Å². The predicted molar refractivity (Wildman–Crippen MR) is 141 cm³/mol. The van der Waals surface area contributed by atoms with Crippen LogP contribution in [-0.2, 0) is 19.1 Å². The SMILES string of the molecule is CC1C[C@H]2[C@@H]3CC(F)C4=CC(=O)C=C[C@]4(C)C3(F)C(O)C[C@]2(C)C1(OC(=O)[C@]1(C)CCCS1)C(=O)SCF. The molecule has 1 aliphatic heterocycles. The van der Waals surface area contributed by atoms with Gasteiger partial charge < -0.3 is 9.84 Å². The van der Waals surface area contributed by atoms with Gasteiger partial charge in [-0.2, -0.15) is 0 Å². The third-order valence-electron chi connectivity index (χ3n) is 10.6. The van der Waals surface area contributed by atoms with Crippen molar-refractivity contribution < 1.29 is 37.4 Å². The fourth-order valence-corrected chi connectivity index (χ4v) is 10.5. The standard InChI is InChI=1S/C28H35F3O5S2/c1-15-10-17-18-12-20(30)19-11-16(32)6-8-24(19,2)27(18,31)21(33)13-25(17,3)28(15,23(35)37-14-29)36-22(34)26(4)7-5-9-38-26/h6,8,11,15,17-18,20-21,33H,5,7,9-10,12-14H2,1-4H3/t15?,17-,18-,20?,21?,24-,25-,26-,27?,28?/m0/s1. The van der Waals surface area contributed by atoms with E-state index in [1.54, 1.807) is 20.8 Å². The van der Waals surface area contributed by atoms with Gasteiger partial charge in [-0.15, -0.1) is 11.8 Å². The second-order valence-electron chi connectivity index (χ2n) is 12.3. The van der Waals surface area contributed by atoms with Crippen LogP contribution in [0, 0.1) is 28.6 Å². The summed E-state index contributed by atoms with van der Waals surface area (Å²) in [5.74, 6) is -2.47. The van der Waals surface area contributed by atoms with Crippen LogP contribution in [0.4, 0.5) is 13.2 Å². The van der Waals surface area contributed by atoms with Crippen LogP contribution in [0.5, 0.6) is 0 Å². The van der Waals surface area contributed by atoms with Gasteiger partial charge in [-0.3, -0.25) is 14.4 Å². The summed E-state index contributed by atoms with van der Waals surface area (Å²) in [7, 11) is 0. The number of carbonyl (C=O) groups is 3. The third-order valence-corrected chi connectivity index (χ3v) is 12.7. The molecular weight excluding hydrogens is 537 g/mol. The van der Waals surface area contributed by atoms with Gasteiger partial charge in [-0.05, 0) is 87.1 Å². The van der Waals surface area contributed by atoms with E-state index >= 15 is 8.78 Å². The molecule has 5 nitrogen and oxygen atoms in total. The number of allylic oxidation sites excluding steroid dienone is 4. The highest BCUT2D eigenvalue weighted by Crippen LogP contribution is 2.72. The Hall–Kier alpha value is -1.26. The molecule has 4 aliphatic carbocycles. The van der Waals surface area contributed by atoms with Gasteiger partial charge in [0.05, 0.1) is 6.10 Å². The Labute approximate surface area is 229 Å². The molecule has 5 rings (SSSR count). The van der Waals surface area contributed by atoms with Gasteiger partial charge >= 0.3 is 5.97 Å². The van der Waals surface area contributed by atoms with Crippen LogP contribution in [0.2, 0.25) is 0 Å². The first kappa shape index (κ1) is 28.3. The summed E-state index contributed by atoms with van der Waals surface area (Å²) >= 11 is 1.87. The summed E-state index contributed by atoms with van der Waals surface area (Å²) < 4.78 is 52.1. The molecule has 38 heavy (non-hydrogen) atoms. The summed E-state index contributed by atoms with van der Waals surface area (Å²) in [5.41, 5.74) is -6.91. The number of rotatable bonds is 4. The molecule has 5 aliphatic rings. The van der Waals surface area contributed by atoms with Gasteiger partial charge in [0.25, 0.3) is 0 Å². The fourth-order valence-electron chi connectivity index (χ4n) is 8.57. The van der Waals surface area contributed by atoms with Crippen molar-refractivity contribution in [2.75, 3.05) is 11.8 Å². The molecule has 5 unspecified atom stereocenters. The van der Waals surface area contributed by atoms with Crippen molar-refractivity contribution >= 4 is 40.4 Å². The zero-order valence-corrected chi connectivity index (χ0v) is 23.7. The molecule has 10 heteroatoms. The Balaban J connectivity index is 1.62. The molecule has 0 spiro atoms. The smallest absolute Gasteiger partial charge is 0.322 e. The minimum absolute atomic E-state index is 0.0189. The molecular formula is C28H35F3O5S2. The lowest BCUT2D eigenvalue weighted by atomic mass is 9.44. The summed E-state index contributed by atoms with van der Waals surface area (Å²) in [5, 5.41) is 10.9. The van der Waals surface area contributed by atoms with Crippen LogP contribution < -0.4 is 0 Å². The minimum Gasteiger partial charge on any atom is -0.448 e. The van der Waals surface area contributed by atoms with Crippen molar-refractivity contribution in [3.8, 4) is 0 Å². The molecule has 0 aromatic rings. The Kier molecular flexibility index (Phi) is 6.79. The van der Waals surface area contributed by atoms with E-state index in [1.807, 2.05) is 0 Å². The fraction of sp³-hybridized carbons (Fsp3) is 0.750. The molecule has 210 valence electrons. The lowest BCUT2D eigenvalue weighted by Gasteiger charge is -2.63. The van der Waals surface area contributed by atoms with E-state index in [0.717, 1.165) is 18.2 Å². The third kappa shape index (κ3) is 3.47. The number of carbonyl (C=O) groups excluding carboxylic acids is 3. The quantitative estimate of drug-likeness (QED) is 0.458. The molecule has 3 saturated carbocycles. The van der Waals surface area contributed by atoms with E-state index in [0.29, 0.717) is 18.2 Å². The highest BCUT2D eigenvalue weighted by Gasteiger charge is 2.78. The van der Waals surface area contributed by atoms with E-state index in [-0.39, 0.29) is 24.8 Å². The molecule has 0 radical (unpaired) electrons. The normalized spacial score (nSPS) is 49.6. The number of aliphatic hydroxyl groups excluding tert-OH is 1. The highest BCUT2D eigenvalue weighted by atomic mass is 32.2. The summed E-state index contributed by atoms with van der Waals surface area (Å²) in [4.78, 5) is 39.4. The largest absolute Gasteiger partial charge is 0.448 e. The Bertz CT molecular complexity index is 1120. The second kappa shape index (κ2) is 9.13. The van der Waals surface area contributed by atoms with Crippen molar-refractivity contribution in [1.82, 2.24) is 0 Å². The van der Waals surface area contributed by atoms with Crippen molar-refractivity contribution in [3.63, 3.8) is 0 Å². The van der Waals surface area contributed by atoms with E-state index in [1.165, 1.54) is 30.8 Å². The molecule has 0 aromatic carbocycles. The van der Waals surface area contributed by atoms with Gasteiger partial charge in [0.15, 0.2) is 17.1 Å². The van der Waals surface area contributed by atoms with Crippen LogP contribution in [0.15, 0.2) is 23.8 Å². The zero-order chi connectivity index (χ0) is 27.9. The van der Waals surface area contributed by atoms with E-state index in [2.05, 4.69) is 0 Å². The maximum absolute atomic E-state index is 17.5. The second-order valence-corrected chi connectivity index (χ2v) is 14.8. The highest BCUT2D eigenvalue weighted by molar-refractivity contribution is 8.13. The molecule has 10 atom stereocenters. The lowest BCUT2D eigenvalue weighted by Crippen LogP contribution is -2.71. The summed E-state index contributed by atoms with van der Waals surface area (Å²) in [6, 6.07) is -1.02. The average molecular weight is 573 g/mol. The Morgan fingerprint density at radius 3 is 2.58 bits per heavy atom. The first-order valence-corrected chi connectivity index (χ1v) is 15.3. The number of alkyl halides is 3. The molecule has 4 fully saturated rings. The summed E-state index contributed by atoms with van der Waals surface area (Å²) in [6.07, 6.45) is 1.59. The predicted octanol–water partition coefficient (Wildman–Crippen LogP) is 5.31. The topological polar surface area (TPSA) is 80.7 Å². The minimum atomic E-state index is -2.31. The number of esters is 1. The van der Waals surface area contributed by atoms with Crippen LogP contribution >= 0.6 is 23.5 Å². The number of ketones is 1. The van der Waals surface area contributed by atoms with Crippen molar-refractivity contribution in [1.29, 1.82) is 0 Å².